The number of hydrogen-bond donors (Lipinski definition) is 3. The van der Waals surface area contributed by atoms with Gasteiger partial charge in [0.2, 0.25) is 5.91 Å². The first kappa shape index (κ1) is 21.8. The third-order valence-corrected chi connectivity index (χ3v) is 6.58. The minimum absolute atomic E-state index is 0. The van der Waals surface area contributed by atoms with Crippen LogP contribution in [0.5, 0.6) is 0 Å². The number of hydrogen-bond acceptors (Lipinski definition) is 2. The topological polar surface area (TPSA) is 65.5 Å². The largest absolute Gasteiger partial charge is 0.356 e. The first-order chi connectivity index (χ1) is 12.1. The summed E-state index contributed by atoms with van der Waals surface area (Å²) in [6.07, 6.45) is 13.2. The van der Waals surface area contributed by atoms with Gasteiger partial charge in [-0.2, -0.15) is 0 Å². The Balaban J connectivity index is 0.00000243. The Morgan fingerprint density at radius 3 is 2.38 bits per heavy atom. The van der Waals surface area contributed by atoms with Crippen LogP contribution in [-0.2, 0) is 4.79 Å². The van der Waals surface area contributed by atoms with E-state index in [1.807, 2.05) is 7.05 Å². The van der Waals surface area contributed by atoms with Crippen molar-refractivity contribution in [3.05, 3.63) is 0 Å². The third-order valence-electron chi connectivity index (χ3n) is 6.58. The molecular formula is C20H37IN4O. The molecule has 3 N–H and O–H groups in total. The molecule has 0 spiro atoms. The van der Waals surface area contributed by atoms with Crippen LogP contribution in [0.4, 0.5) is 0 Å². The van der Waals surface area contributed by atoms with Crippen LogP contribution in [0.15, 0.2) is 4.99 Å². The van der Waals surface area contributed by atoms with Gasteiger partial charge in [0.15, 0.2) is 5.96 Å². The fraction of sp³-hybridized carbons (Fsp3) is 0.900. The predicted octanol–water partition coefficient (Wildman–Crippen LogP) is 3.58. The highest BCUT2D eigenvalue weighted by Crippen LogP contribution is 2.40. The molecule has 0 heterocycles. The molecular weight excluding hydrogens is 439 g/mol. The van der Waals surface area contributed by atoms with Gasteiger partial charge in [0.25, 0.3) is 0 Å². The van der Waals surface area contributed by atoms with Crippen molar-refractivity contribution in [2.75, 3.05) is 13.6 Å². The molecule has 0 aromatic heterocycles. The van der Waals surface area contributed by atoms with Gasteiger partial charge < -0.3 is 16.0 Å². The summed E-state index contributed by atoms with van der Waals surface area (Å²) < 4.78 is 0. The number of aliphatic imine (C=N–C) groups is 1. The molecule has 0 saturated heterocycles. The molecule has 1 amide bonds. The van der Waals surface area contributed by atoms with Gasteiger partial charge in [-0.3, -0.25) is 9.79 Å². The average molecular weight is 476 g/mol. The summed E-state index contributed by atoms with van der Waals surface area (Å²) in [6, 6.07) is 0.822. The number of carbonyl (C=O) groups excluding carboxylic acids is 1. The van der Waals surface area contributed by atoms with E-state index in [4.69, 9.17) is 0 Å². The molecule has 3 rings (SSSR count). The lowest BCUT2D eigenvalue weighted by atomic mass is 9.83. The van der Waals surface area contributed by atoms with Crippen molar-refractivity contribution in [3.8, 4) is 0 Å². The van der Waals surface area contributed by atoms with Gasteiger partial charge in [0, 0.05) is 31.6 Å². The Morgan fingerprint density at radius 1 is 1.04 bits per heavy atom. The highest BCUT2D eigenvalue weighted by molar-refractivity contribution is 14.0. The summed E-state index contributed by atoms with van der Waals surface area (Å²) in [5.41, 5.74) is 0.455. The number of carbonyl (C=O) groups is 1. The molecule has 3 fully saturated rings. The van der Waals surface area contributed by atoms with Gasteiger partial charge in [0.1, 0.15) is 0 Å². The Kier molecular flexibility index (Phi) is 8.48. The maximum absolute atomic E-state index is 12.3. The molecule has 0 aromatic carbocycles. The number of amides is 1. The monoisotopic (exact) mass is 476 g/mol. The number of nitrogens with one attached hydrogen (secondary N) is 3. The smallest absolute Gasteiger partial charge is 0.223 e. The van der Waals surface area contributed by atoms with Gasteiger partial charge in [-0.25, -0.2) is 0 Å². The second kappa shape index (κ2) is 10.1. The van der Waals surface area contributed by atoms with Crippen LogP contribution in [0.25, 0.3) is 0 Å². The van der Waals surface area contributed by atoms with E-state index in [2.05, 4.69) is 27.9 Å². The zero-order valence-electron chi connectivity index (χ0n) is 16.5. The molecule has 5 nitrogen and oxygen atoms in total. The molecule has 3 aliphatic carbocycles. The minimum Gasteiger partial charge on any atom is -0.356 e. The van der Waals surface area contributed by atoms with E-state index < -0.39 is 0 Å². The van der Waals surface area contributed by atoms with E-state index in [9.17, 15) is 4.79 Å². The molecule has 0 bridgehead atoms. The number of guanidine groups is 1. The van der Waals surface area contributed by atoms with Crippen molar-refractivity contribution in [3.63, 3.8) is 0 Å². The van der Waals surface area contributed by atoms with E-state index >= 15 is 0 Å². The summed E-state index contributed by atoms with van der Waals surface area (Å²) >= 11 is 0. The lowest BCUT2D eigenvalue weighted by Gasteiger charge is -2.32. The van der Waals surface area contributed by atoms with Crippen molar-refractivity contribution in [1.29, 1.82) is 0 Å². The molecule has 3 aliphatic rings. The maximum Gasteiger partial charge on any atom is 0.223 e. The molecule has 6 heteroatoms. The third kappa shape index (κ3) is 5.99. The second-order valence-corrected chi connectivity index (χ2v) is 8.47. The van der Waals surface area contributed by atoms with Crippen molar-refractivity contribution < 1.29 is 4.79 Å². The Hall–Kier alpha value is -0.530. The summed E-state index contributed by atoms with van der Waals surface area (Å²) in [5.74, 6) is 1.35. The van der Waals surface area contributed by atoms with Crippen molar-refractivity contribution in [2.24, 2.45) is 16.3 Å². The van der Waals surface area contributed by atoms with E-state index in [1.54, 1.807) is 0 Å². The lowest BCUT2D eigenvalue weighted by molar-refractivity contribution is -0.126. The van der Waals surface area contributed by atoms with Crippen LogP contribution in [0.1, 0.15) is 77.6 Å². The highest BCUT2D eigenvalue weighted by atomic mass is 127. The molecule has 26 heavy (non-hydrogen) atoms. The Bertz CT molecular complexity index is 486. The Morgan fingerprint density at radius 2 is 1.77 bits per heavy atom. The van der Waals surface area contributed by atoms with E-state index in [0.29, 0.717) is 17.5 Å². The molecule has 150 valence electrons. The molecule has 0 radical (unpaired) electrons. The normalized spacial score (nSPS) is 28.2. The van der Waals surface area contributed by atoms with Gasteiger partial charge in [-0.1, -0.05) is 26.2 Å². The van der Waals surface area contributed by atoms with E-state index in [-0.39, 0.29) is 35.8 Å². The number of halogens is 1. The van der Waals surface area contributed by atoms with Crippen LogP contribution in [0.3, 0.4) is 0 Å². The summed E-state index contributed by atoms with van der Waals surface area (Å²) in [5, 5.41) is 10.3. The first-order valence-electron chi connectivity index (χ1n) is 10.4. The standard InChI is InChI=1S/C20H36N4O.HI/c1-3-20(11-4-5-12-20)14-22-19(21-2)24-17-8-6-7-15(13-17)18(25)23-16-9-10-16;/h15-17H,3-14H2,1-2H3,(H,23,25)(H2,21,22,24);1H. The van der Waals surface area contributed by atoms with Gasteiger partial charge >= 0.3 is 0 Å². The van der Waals surface area contributed by atoms with Crippen molar-refractivity contribution >= 4 is 35.8 Å². The molecule has 3 saturated carbocycles. The Labute approximate surface area is 176 Å². The maximum atomic E-state index is 12.3. The van der Waals surface area contributed by atoms with Crippen LogP contribution in [-0.4, -0.2) is 37.5 Å². The minimum atomic E-state index is 0. The first-order valence-corrected chi connectivity index (χ1v) is 10.4. The van der Waals surface area contributed by atoms with Gasteiger partial charge in [0.05, 0.1) is 0 Å². The van der Waals surface area contributed by atoms with E-state index in [1.165, 1.54) is 32.1 Å². The summed E-state index contributed by atoms with van der Waals surface area (Å²) in [7, 11) is 1.85. The molecule has 2 unspecified atom stereocenters. The second-order valence-electron chi connectivity index (χ2n) is 8.47. The number of nitrogens with zero attached hydrogens (tertiary/aromatic N) is 1. The van der Waals surface area contributed by atoms with Crippen LogP contribution in [0.2, 0.25) is 0 Å². The summed E-state index contributed by atoms with van der Waals surface area (Å²) in [4.78, 5) is 16.8. The SMILES string of the molecule is CCC1(CNC(=NC)NC2CCCC(C(=O)NC3CC3)C2)CCCC1.I. The zero-order chi connectivity index (χ0) is 17.7. The highest BCUT2D eigenvalue weighted by Gasteiger charge is 2.33. The van der Waals surface area contributed by atoms with Crippen LogP contribution < -0.4 is 16.0 Å². The quantitative estimate of drug-likeness (QED) is 0.312. The van der Waals surface area contributed by atoms with Crippen LogP contribution in [0, 0.1) is 11.3 Å². The number of rotatable bonds is 6. The fourth-order valence-corrected chi connectivity index (χ4v) is 4.55. The molecule has 0 aromatic rings. The molecule has 2 atom stereocenters. The van der Waals surface area contributed by atoms with Gasteiger partial charge in [-0.15, -0.1) is 24.0 Å². The zero-order valence-corrected chi connectivity index (χ0v) is 18.8. The lowest BCUT2D eigenvalue weighted by Crippen LogP contribution is -2.49. The van der Waals surface area contributed by atoms with Crippen LogP contribution >= 0.6 is 24.0 Å². The van der Waals surface area contributed by atoms with Gasteiger partial charge in [-0.05, 0) is 56.8 Å². The predicted molar refractivity (Wildman–Crippen MR) is 118 cm³/mol. The average Bonchev–Trinajstić information content (AvgIpc) is 3.33. The van der Waals surface area contributed by atoms with Crippen molar-refractivity contribution in [1.82, 2.24) is 16.0 Å². The summed E-state index contributed by atoms with van der Waals surface area (Å²) in [6.45, 7) is 3.33. The fourth-order valence-electron chi connectivity index (χ4n) is 4.55. The molecule has 0 aliphatic heterocycles. The van der Waals surface area contributed by atoms with E-state index in [0.717, 1.165) is 51.0 Å². The van der Waals surface area contributed by atoms with Crippen molar-refractivity contribution in [2.45, 2.75) is 89.6 Å².